The number of nitrogens with zero attached hydrogens (tertiary/aromatic N) is 2. The predicted molar refractivity (Wildman–Crippen MR) is 79.9 cm³/mol. The van der Waals surface area contributed by atoms with Crippen LogP contribution < -0.4 is 5.69 Å². The van der Waals surface area contributed by atoms with Gasteiger partial charge in [0.25, 0.3) is 0 Å². The van der Waals surface area contributed by atoms with Gasteiger partial charge in [-0.15, -0.1) is 0 Å². The van der Waals surface area contributed by atoms with E-state index in [0.29, 0.717) is 12.0 Å². The third kappa shape index (κ3) is 2.21. The largest absolute Gasteiger partial charge is 0.340 e. The number of H-pyrrole nitrogens is 2. The highest BCUT2D eigenvalue weighted by Crippen LogP contribution is 2.45. The molecule has 0 radical (unpaired) electrons. The normalized spacial score (nSPS) is 20.8. The molecular formula is C16H20N4O. The first-order valence-electron chi connectivity index (χ1n) is 7.70. The van der Waals surface area contributed by atoms with Crippen LogP contribution in [0.15, 0.2) is 29.1 Å². The average molecular weight is 284 g/mol. The van der Waals surface area contributed by atoms with Gasteiger partial charge in [-0.25, -0.2) is 9.89 Å². The molecule has 0 atom stereocenters. The number of nitrogens with one attached hydrogen (secondary N) is 2. The van der Waals surface area contributed by atoms with Crippen molar-refractivity contribution in [2.75, 3.05) is 6.54 Å². The Morgan fingerprint density at radius 3 is 2.81 bits per heavy atom. The Labute approximate surface area is 123 Å². The molecule has 0 bridgehead atoms. The standard InChI is InChI=1S/C16H20N4O/c21-15-17-14(18-19-15)10-20-9-12-5-1-2-6-13(12)16(11-20)7-3-4-8-16/h1-2,5-6H,3-4,7-11H2,(H2,17,18,19,21). The van der Waals surface area contributed by atoms with Crippen molar-refractivity contribution in [3.8, 4) is 0 Å². The fourth-order valence-corrected chi connectivity index (χ4v) is 4.17. The van der Waals surface area contributed by atoms with Crippen LogP contribution in [0.2, 0.25) is 0 Å². The van der Waals surface area contributed by atoms with Crippen LogP contribution in [0.4, 0.5) is 0 Å². The molecule has 1 aromatic heterocycles. The van der Waals surface area contributed by atoms with Crippen LogP contribution in [0.3, 0.4) is 0 Å². The number of rotatable bonds is 2. The lowest BCUT2D eigenvalue weighted by molar-refractivity contribution is 0.166. The quantitative estimate of drug-likeness (QED) is 0.885. The molecule has 1 aliphatic carbocycles. The van der Waals surface area contributed by atoms with Crippen molar-refractivity contribution in [2.45, 2.75) is 44.2 Å². The Morgan fingerprint density at radius 2 is 2.05 bits per heavy atom. The summed E-state index contributed by atoms with van der Waals surface area (Å²) in [6, 6.07) is 8.85. The van der Waals surface area contributed by atoms with Crippen LogP contribution in [0, 0.1) is 0 Å². The van der Waals surface area contributed by atoms with E-state index in [1.165, 1.54) is 31.2 Å². The van der Waals surface area contributed by atoms with Crippen molar-refractivity contribution < 1.29 is 0 Å². The third-order valence-corrected chi connectivity index (χ3v) is 4.99. The molecule has 21 heavy (non-hydrogen) atoms. The van der Waals surface area contributed by atoms with E-state index in [-0.39, 0.29) is 5.69 Å². The van der Waals surface area contributed by atoms with E-state index in [1.54, 1.807) is 5.56 Å². The summed E-state index contributed by atoms with van der Waals surface area (Å²) >= 11 is 0. The Balaban J connectivity index is 1.66. The Hall–Kier alpha value is -1.88. The van der Waals surface area contributed by atoms with E-state index >= 15 is 0 Å². The molecule has 1 aliphatic heterocycles. The SMILES string of the molecule is O=c1[nH]nc(CN2Cc3ccccc3C3(CCCC3)C2)[nH]1. The number of hydrogen-bond donors (Lipinski definition) is 2. The van der Waals surface area contributed by atoms with E-state index in [2.05, 4.69) is 44.3 Å². The summed E-state index contributed by atoms with van der Waals surface area (Å²) in [7, 11) is 0. The van der Waals surface area contributed by atoms with Gasteiger partial charge in [0.1, 0.15) is 5.82 Å². The molecule has 4 rings (SSSR count). The van der Waals surface area contributed by atoms with E-state index in [4.69, 9.17) is 0 Å². The monoisotopic (exact) mass is 284 g/mol. The summed E-state index contributed by atoms with van der Waals surface area (Å²) in [5, 5.41) is 6.50. The molecule has 0 saturated heterocycles. The van der Waals surface area contributed by atoms with Gasteiger partial charge in [0.15, 0.2) is 0 Å². The second-order valence-corrected chi connectivity index (χ2v) is 6.41. The van der Waals surface area contributed by atoms with Crippen LogP contribution in [-0.2, 0) is 18.5 Å². The van der Waals surface area contributed by atoms with Crippen LogP contribution in [-0.4, -0.2) is 26.6 Å². The number of hydrogen-bond acceptors (Lipinski definition) is 3. The van der Waals surface area contributed by atoms with Gasteiger partial charge in [-0.3, -0.25) is 9.88 Å². The first-order chi connectivity index (χ1) is 10.3. The highest BCUT2D eigenvalue weighted by molar-refractivity contribution is 5.38. The van der Waals surface area contributed by atoms with Gasteiger partial charge in [0.2, 0.25) is 0 Å². The minimum absolute atomic E-state index is 0.224. The lowest BCUT2D eigenvalue weighted by atomic mass is 9.74. The smallest absolute Gasteiger partial charge is 0.292 e. The fraction of sp³-hybridized carbons (Fsp3) is 0.500. The molecule has 5 heteroatoms. The van der Waals surface area contributed by atoms with Crippen molar-refractivity contribution in [2.24, 2.45) is 0 Å². The third-order valence-electron chi connectivity index (χ3n) is 4.99. The predicted octanol–water partition coefficient (Wildman–Crippen LogP) is 1.93. The minimum atomic E-state index is -0.224. The number of benzene rings is 1. The minimum Gasteiger partial charge on any atom is -0.292 e. The van der Waals surface area contributed by atoms with Crippen molar-refractivity contribution in [3.63, 3.8) is 0 Å². The highest BCUT2D eigenvalue weighted by atomic mass is 16.1. The zero-order valence-corrected chi connectivity index (χ0v) is 12.1. The van der Waals surface area contributed by atoms with Crippen molar-refractivity contribution in [1.29, 1.82) is 0 Å². The molecule has 2 aliphatic rings. The van der Waals surface area contributed by atoms with Crippen LogP contribution in [0.1, 0.15) is 42.6 Å². The molecule has 0 unspecified atom stereocenters. The maximum atomic E-state index is 11.2. The average Bonchev–Trinajstić information content (AvgIpc) is 3.09. The van der Waals surface area contributed by atoms with Gasteiger partial charge in [-0.05, 0) is 24.0 Å². The molecule has 1 fully saturated rings. The van der Waals surface area contributed by atoms with Gasteiger partial charge in [0, 0.05) is 18.5 Å². The van der Waals surface area contributed by atoms with Crippen molar-refractivity contribution >= 4 is 0 Å². The summed E-state index contributed by atoms with van der Waals surface area (Å²) in [4.78, 5) is 16.4. The Morgan fingerprint density at radius 1 is 1.24 bits per heavy atom. The maximum absolute atomic E-state index is 11.2. The summed E-state index contributed by atoms with van der Waals surface area (Å²) in [5.74, 6) is 0.729. The molecule has 2 heterocycles. The van der Waals surface area contributed by atoms with Gasteiger partial charge in [-0.2, -0.15) is 5.10 Å². The van der Waals surface area contributed by atoms with Gasteiger partial charge in [0.05, 0.1) is 6.54 Å². The summed E-state index contributed by atoms with van der Waals surface area (Å²) in [5.41, 5.74) is 3.07. The maximum Gasteiger partial charge on any atom is 0.340 e. The molecule has 110 valence electrons. The van der Waals surface area contributed by atoms with Gasteiger partial charge in [-0.1, -0.05) is 37.1 Å². The van der Waals surface area contributed by atoms with E-state index in [9.17, 15) is 4.79 Å². The molecule has 1 saturated carbocycles. The topological polar surface area (TPSA) is 64.8 Å². The molecule has 2 N–H and O–H groups in total. The molecule has 1 spiro atoms. The van der Waals surface area contributed by atoms with Gasteiger partial charge >= 0.3 is 5.69 Å². The zero-order valence-electron chi connectivity index (χ0n) is 12.1. The number of aromatic nitrogens is 3. The summed E-state index contributed by atoms with van der Waals surface area (Å²) < 4.78 is 0. The second kappa shape index (κ2) is 4.84. The van der Waals surface area contributed by atoms with Crippen LogP contribution >= 0.6 is 0 Å². The Bertz CT molecular complexity index is 696. The van der Waals surface area contributed by atoms with Crippen molar-refractivity contribution in [1.82, 2.24) is 20.1 Å². The van der Waals surface area contributed by atoms with Gasteiger partial charge < -0.3 is 0 Å². The second-order valence-electron chi connectivity index (χ2n) is 6.41. The first-order valence-corrected chi connectivity index (χ1v) is 7.70. The number of aromatic amines is 2. The first kappa shape index (κ1) is 12.8. The summed E-state index contributed by atoms with van der Waals surface area (Å²) in [6.45, 7) is 2.71. The van der Waals surface area contributed by atoms with Crippen molar-refractivity contribution in [3.05, 3.63) is 51.7 Å². The molecule has 1 aromatic carbocycles. The molecule has 2 aromatic rings. The van der Waals surface area contributed by atoms with Crippen LogP contribution in [0.25, 0.3) is 0 Å². The number of fused-ring (bicyclic) bond motifs is 2. The molecular weight excluding hydrogens is 264 g/mol. The van der Waals surface area contributed by atoms with E-state index in [0.717, 1.165) is 18.9 Å². The van der Waals surface area contributed by atoms with E-state index < -0.39 is 0 Å². The lowest BCUT2D eigenvalue weighted by Crippen LogP contribution is -2.43. The van der Waals surface area contributed by atoms with Crippen LogP contribution in [0.5, 0.6) is 0 Å². The lowest BCUT2D eigenvalue weighted by Gasteiger charge is -2.42. The Kier molecular flexibility index (Phi) is 2.96. The molecule has 0 amide bonds. The van der Waals surface area contributed by atoms with E-state index in [1.807, 2.05) is 0 Å². The summed E-state index contributed by atoms with van der Waals surface area (Å²) in [6.07, 6.45) is 5.19. The highest BCUT2D eigenvalue weighted by Gasteiger charge is 2.41. The fourth-order valence-electron chi connectivity index (χ4n) is 4.17. The zero-order chi connectivity index (χ0) is 14.3. The molecule has 5 nitrogen and oxygen atoms in total.